The Hall–Kier alpha value is -2.34. The van der Waals surface area contributed by atoms with Gasteiger partial charge >= 0.3 is 0 Å². The zero-order chi connectivity index (χ0) is 16.5. The Bertz CT molecular complexity index is 853. The molecule has 124 valence electrons. The third-order valence-electron chi connectivity index (χ3n) is 4.46. The van der Waals surface area contributed by atoms with E-state index in [1.54, 1.807) is 6.33 Å². The maximum Gasteiger partial charge on any atom is 0.141 e. The van der Waals surface area contributed by atoms with Gasteiger partial charge in [0.2, 0.25) is 0 Å². The topological polar surface area (TPSA) is 60.9 Å². The maximum absolute atomic E-state index is 6.37. The van der Waals surface area contributed by atoms with E-state index in [4.69, 9.17) is 11.6 Å². The van der Waals surface area contributed by atoms with Crippen LogP contribution in [-0.4, -0.2) is 46.1 Å². The van der Waals surface area contributed by atoms with Crippen molar-refractivity contribution in [3.05, 3.63) is 41.4 Å². The molecule has 6 nitrogen and oxygen atoms in total. The van der Waals surface area contributed by atoms with Crippen molar-refractivity contribution < 1.29 is 0 Å². The molecular weight excluding hydrogens is 324 g/mol. The molecule has 0 aliphatic carbocycles. The Morgan fingerprint density at radius 1 is 1.08 bits per heavy atom. The van der Waals surface area contributed by atoms with Gasteiger partial charge in [0.25, 0.3) is 0 Å². The lowest BCUT2D eigenvalue weighted by molar-refractivity contribution is 0.641. The minimum absolute atomic E-state index is 0.738. The molecule has 7 heteroatoms. The molecule has 1 N–H and O–H groups in total. The quantitative estimate of drug-likeness (QED) is 0.793. The van der Waals surface area contributed by atoms with Crippen molar-refractivity contribution in [1.82, 2.24) is 19.9 Å². The van der Waals surface area contributed by atoms with Crippen LogP contribution in [0.4, 0.5) is 11.6 Å². The number of fused-ring (bicyclic) bond motifs is 1. The van der Waals surface area contributed by atoms with E-state index in [1.165, 1.54) is 0 Å². The summed E-state index contributed by atoms with van der Waals surface area (Å²) in [5, 5.41) is 1.70. The third-order valence-corrected chi connectivity index (χ3v) is 4.78. The fourth-order valence-corrected chi connectivity index (χ4v) is 3.31. The number of halogens is 1. The van der Waals surface area contributed by atoms with Crippen LogP contribution in [0.25, 0.3) is 11.0 Å². The van der Waals surface area contributed by atoms with Gasteiger partial charge in [-0.2, -0.15) is 0 Å². The van der Waals surface area contributed by atoms with Crippen molar-refractivity contribution >= 4 is 34.3 Å². The summed E-state index contributed by atoms with van der Waals surface area (Å²) in [5.74, 6) is 1.93. The van der Waals surface area contributed by atoms with Gasteiger partial charge in [-0.1, -0.05) is 18.5 Å². The molecule has 0 aromatic carbocycles. The summed E-state index contributed by atoms with van der Waals surface area (Å²) in [6.45, 7) is 5.70. The van der Waals surface area contributed by atoms with Gasteiger partial charge in [0.15, 0.2) is 0 Å². The number of aryl methyl sites for hydroxylation is 1. The predicted octanol–water partition coefficient (Wildman–Crippen LogP) is 2.90. The Morgan fingerprint density at radius 3 is 2.58 bits per heavy atom. The lowest BCUT2D eigenvalue weighted by Gasteiger charge is -2.36. The number of hydrogen-bond donors (Lipinski definition) is 1. The highest BCUT2D eigenvalue weighted by atomic mass is 35.5. The van der Waals surface area contributed by atoms with Gasteiger partial charge < -0.3 is 14.8 Å². The number of aromatic nitrogens is 4. The van der Waals surface area contributed by atoms with Crippen LogP contribution in [0.15, 0.2) is 30.7 Å². The summed E-state index contributed by atoms with van der Waals surface area (Å²) in [7, 11) is 0. The van der Waals surface area contributed by atoms with E-state index in [0.29, 0.717) is 0 Å². The second-order valence-electron chi connectivity index (χ2n) is 5.90. The summed E-state index contributed by atoms with van der Waals surface area (Å²) in [5.41, 5.74) is 1.91. The molecule has 0 bridgehead atoms. The Kier molecular flexibility index (Phi) is 3.98. The zero-order valence-corrected chi connectivity index (χ0v) is 14.3. The summed E-state index contributed by atoms with van der Waals surface area (Å²) in [6, 6.07) is 5.98. The van der Waals surface area contributed by atoms with Gasteiger partial charge in [-0.15, -0.1) is 0 Å². The van der Waals surface area contributed by atoms with E-state index in [1.807, 2.05) is 18.3 Å². The van der Waals surface area contributed by atoms with Gasteiger partial charge in [0.05, 0.1) is 5.02 Å². The van der Waals surface area contributed by atoms with Crippen LogP contribution in [-0.2, 0) is 6.42 Å². The van der Waals surface area contributed by atoms with Crippen LogP contribution in [0.5, 0.6) is 0 Å². The molecule has 3 aromatic rings. The molecule has 0 saturated carbocycles. The van der Waals surface area contributed by atoms with Gasteiger partial charge in [0.1, 0.15) is 23.6 Å². The Morgan fingerprint density at radius 2 is 1.83 bits per heavy atom. The standard InChI is InChI=1S/C17H19ClN6/c1-2-12-9-15(21-11-20-12)23-5-7-24(8-6-23)16-10-14(18)13-3-4-19-17(13)22-16/h3-4,9-11H,2,5-8H2,1H3,(H,19,22). The molecule has 3 aromatic heterocycles. The molecule has 1 saturated heterocycles. The van der Waals surface area contributed by atoms with E-state index >= 15 is 0 Å². The first-order valence-electron chi connectivity index (χ1n) is 8.19. The van der Waals surface area contributed by atoms with Crippen LogP contribution in [0.3, 0.4) is 0 Å². The van der Waals surface area contributed by atoms with Crippen molar-refractivity contribution in [2.75, 3.05) is 36.0 Å². The fourth-order valence-electron chi connectivity index (χ4n) is 3.06. The van der Waals surface area contributed by atoms with E-state index < -0.39 is 0 Å². The first-order valence-corrected chi connectivity index (χ1v) is 8.57. The molecule has 24 heavy (non-hydrogen) atoms. The third kappa shape index (κ3) is 2.78. The number of pyridine rings is 1. The molecule has 0 radical (unpaired) electrons. The molecule has 0 amide bonds. The highest BCUT2D eigenvalue weighted by molar-refractivity contribution is 6.35. The lowest BCUT2D eigenvalue weighted by atomic mass is 10.2. The Labute approximate surface area is 145 Å². The molecule has 1 aliphatic rings. The fraction of sp³-hybridized carbons (Fsp3) is 0.353. The number of anilines is 2. The van der Waals surface area contributed by atoms with Crippen molar-refractivity contribution in [3.63, 3.8) is 0 Å². The highest BCUT2D eigenvalue weighted by Gasteiger charge is 2.20. The van der Waals surface area contributed by atoms with Crippen LogP contribution in [0.1, 0.15) is 12.6 Å². The van der Waals surface area contributed by atoms with Gasteiger partial charge in [-0.05, 0) is 12.5 Å². The Balaban J connectivity index is 1.50. The molecule has 4 rings (SSSR count). The molecule has 1 fully saturated rings. The normalized spacial score (nSPS) is 15.2. The molecule has 1 aliphatic heterocycles. The van der Waals surface area contributed by atoms with Gasteiger partial charge in [-0.3, -0.25) is 0 Å². The molecule has 0 atom stereocenters. The summed E-state index contributed by atoms with van der Waals surface area (Å²) in [4.78, 5) is 21.1. The average molecular weight is 343 g/mol. The van der Waals surface area contributed by atoms with Crippen molar-refractivity contribution in [1.29, 1.82) is 0 Å². The first kappa shape index (κ1) is 15.2. The lowest BCUT2D eigenvalue weighted by Crippen LogP contribution is -2.47. The van der Waals surface area contributed by atoms with Gasteiger partial charge in [-0.25, -0.2) is 15.0 Å². The number of rotatable bonds is 3. The highest BCUT2D eigenvalue weighted by Crippen LogP contribution is 2.27. The number of H-pyrrole nitrogens is 1. The van der Waals surface area contributed by atoms with E-state index in [-0.39, 0.29) is 0 Å². The molecule has 0 unspecified atom stereocenters. The molecular formula is C17H19ClN6. The molecule has 0 spiro atoms. The largest absolute Gasteiger partial charge is 0.353 e. The number of nitrogens with one attached hydrogen (secondary N) is 1. The van der Waals surface area contributed by atoms with Gasteiger partial charge in [0, 0.05) is 55.6 Å². The average Bonchev–Trinajstić information content (AvgIpc) is 3.11. The minimum Gasteiger partial charge on any atom is -0.353 e. The maximum atomic E-state index is 6.37. The first-order chi connectivity index (χ1) is 11.7. The smallest absolute Gasteiger partial charge is 0.141 e. The summed E-state index contributed by atoms with van der Waals surface area (Å²) < 4.78 is 0. The summed E-state index contributed by atoms with van der Waals surface area (Å²) >= 11 is 6.37. The van der Waals surface area contributed by atoms with Crippen LogP contribution in [0, 0.1) is 0 Å². The van der Waals surface area contributed by atoms with Crippen molar-refractivity contribution in [3.8, 4) is 0 Å². The zero-order valence-electron chi connectivity index (χ0n) is 13.5. The number of piperazine rings is 1. The van der Waals surface area contributed by atoms with E-state index in [0.717, 1.165) is 66.0 Å². The van der Waals surface area contributed by atoms with Crippen molar-refractivity contribution in [2.45, 2.75) is 13.3 Å². The second kappa shape index (κ2) is 6.28. The number of aromatic amines is 1. The van der Waals surface area contributed by atoms with E-state index in [2.05, 4.69) is 42.7 Å². The minimum atomic E-state index is 0.738. The SMILES string of the molecule is CCc1cc(N2CCN(c3cc(Cl)c4cc[nH]c4n3)CC2)ncn1. The number of hydrogen-bond acceptors (Lipinski definition) is 5. The van der Waals surface area contributed by atoms with Crippen LogP contribution in [0.2, 0.25) is 5.02 Å². The van der Waals surface area contributed by atoms with Crippen LogP contribution < -0.4 is 9.80 Å². The number of nitrogens with zero attached hydrogens (tertiary/aromatic N) is 5. The monoisotopic (exact) mass is 342 g/mol. The predicted molar refractivity (Wildman–Crippen MR) is 96.9 cm³/mol. The second-order valence-corrected chi connectivity index (χ2v) is 6.30. The van der Waals surface area contributed by atoms with Crippen molar-refractivity contribution in [2.24, 2.45) is 0 Å². The summed E-state index contributed by atoms with van der Waals surface area (Å²) in [6.07, 6.45) is 4.45. The molecule has 4 heterocycles. The van der Waals surface area contributed by atoms with E-state index in [9.17, 15) is 0 Å². The van der Waals surface area contributed by atoms with Crippen LogP contribution >= 0.6 is 11.6 Å².